The van der Waals surface area contributed by atoms with Crippen LogP contribution >= 0.6 is 0 Å². The molecule has 0 spiro atoms. The third-order valence-electron chi connectivity index (χ3n) is 6.53. The molecule has 3 heterocycles. The number of hydrogen-bond acceptors (Lipinski definition) is 3. The molecule has 2 fully saturated rings. The molecule has 0 N–H and O–H groups in total. The molecule has 2 saturated heterocycles. The molecule has 2 aliphatic heterocycles. The molecule has 0 bridgehead atoms. The smallest absolute Gasteiger partial charge is 0.250 e. The van der Waals surface area contributed by atoms with E-state index in [1.54, 1.807) is 25.6 Å². The van der Waals surface area contributed by atoms with E-state index in [1.807, 2.05) is 52.9 Å². The summed E-state index contributed by atoms with van der Waals surface area (Å²) in [5, 5.41) is 0. The number of methoxy groups -OCH3 is 1. The minimum atomic E-state index is -0.258. The summed E-state index contributed by atoms with van der Waals surface area (Å²) in [5.41, 5.74) is 4.42. The third-order valence-corrected chi connectivity index (χ3v) is 6.53. The largest absolute Gasteiger partial charge is 0.495 e. The zero-order chi connectivity index (χ0) is 22.2. The molecule has 164 valence electrons. The van der Waals surface area contributed by atoms with Crippen molar-refractivity contribution in [3.8, 4) is 11.4 Å². The standard InChI is InChI=1S/C26H26FN3O2/c1-17-15-29(16-28-17)24-10-6-18(13-25(24)32-2)12-20-7-8-22-9-11-23(30(22)26(20)31)19-4-3-5-21(27)14-19/h3-6,10,12-16,22-23H,7-9,11H2,1-2H3/t22-,23-/m0/s1. The van der Waals surface area contributed by atoms with Crippen molar-refractivity contribution in [1.82, 2.24) is 14.5 Å². The quantitative estimate of drug-likeness (QED) is 0.531. The van der Waals surface area contributed by atoms with E-state index in [4.69, 9.17) is 4.74 Å². The van der Waals surface area contributed by atoms with E-state index in [9.17, 15) is 9.18 Å². The van der Waals surface area contributed by atoms with Crippen LogP contribution in [0.25, 0.3) is 11.8 Å². The van der Waals surface area contributed by atoms with Crippen molar-refractivity contribution in [2.24, 2.45) is 0 Å². The maximum Gasteiger partial charge on any atom is 0.250 e. The van der Waals surface area contributed by atoms with Crippen molar-refractivity contribution < 1.29 is 13.9 Å². The Morgan fingerprint density at radius 1 is 1.16 bits per heavy atom. The van der Waals surface area contributed by atoms with E-state index in [1.165, 1.54) is 6.07 Å². The second-order valence-electron chi connectivity index (χ2n) is 8.58. The van der Waals surface area contributed by atoms with Crippen LogP contribution < -0.4 is 4.74 Å². The number of hydrogen-bond donors (Lipinski definition) is 0. The Labute approximate surface area is 187 Å². The van der Waals surface area contributed by atoms with Crippen LogP contribution in [0.15, 0.2) is 60.6 Å². The molecule has 3 aromatic rings. The summed E-state index contributed by atoms with van der Waals surface area (Å²) in [4.78, 5) is 19.7. The Kier molecular flexibility index (Phi) is 5.29. The van der Waals surface area contributed by atoms with Crippen molar-refractivity contribution in [3.05, 3.63) is 83.2 Å². The fourth-order valence-corrected chi connectivity index (χ4v) is 5.00. The Hall–Kier alpha value is -3.41. The van der Waals surface area contributed by atoms with Gasteiger partial charge in [0.2, 0.25) is 0 Å². The number of amides is 1. The van der Waals surface area contributed by atoms with Gasteiger partial charge in [0.25, 0.3) is 5.91 Å². The minimum Gasteiger partial charge on any atom is -0.495 e. The van der Waals surface area contributed by atoms with Crippen molar-refractivity contribution in [1.29, 1.82) is 0 Å². The number of nitrogens with zero attached hydrogens (tertiary/aromatic N) is 3. The highest BCUT2D eigenvalue weighted by molar-refractivity contribution is 5.99. The van der Waals surface area contributed by atoms with E-state index < -0.39 is 0 Å². The van der Waals surface area contributed by atoms with Crippen molar-refractivity contribution >= 4 is 12.0 Å². The van der Waals surface area contributed by atoms with Crippen LogP contribution in [0.3, 0.4) is 0 Å². The van der Waals surface area contributed by atoms with Gasteiger partial charge in [0.1, 0.15) is 11.6 Å². The second kappa shape index (κ2) is 8.26. The number of aryl methyl sites for hydroxylation is 1. The summed E-state index contributed by atoms with van der Waals surface area (Å²) in [6, 6.07) is 12.7. The monoisotopic (exact) mass is 431 g/mol. The third kappa shape index (κ3) is 3.70. The maximum absolute atomic E-state index is 13.8. The first-order valence-electron chi connectivity index (χ1n) is 11.0. The molecular weight excluding hydrogens is 405 g/mol. The van der Waals surface area contributed by atoms with E-state index in [0.29, 0.717) is 0 Å². The lowest BCUT2D eigenvalue weighted by Gasteiger charge is -2.35. The highest BCUT2D eigenvalue weighted by atomic mass is 19.1. The molecule has 1 amide bonds. The average molecular weight is 432 g/mol. The van der Waals surface area contributed by atoms with Crippen LogP contribution in [0.4, 0.5) is 4.39 Å². The Bertz CT molecular complexity index is 1200. The van der Waals surface area contributed by atoms with Crippen molar-refractivity contribution in [3.63, 3.8) is 0 Å². The fraction of sp³-hybridized carbons (Fsp3) is 0.308. The topological polar surface area (TPSA) is 47.4 Å². The number of fused-ring (bicyclic) bond motifs is 1. The lowest BCUT2D eigenvalue weighted by molar-refractivity contribution is -0.131. The predicted octanol–water partition coefficient (Wildman–Crippen LogP) is 5.24. The van der Waals surface area contributed by atoms with Crippen molar-refractivity contribution in [2.75, 3.05) is 7.11 Å². The molecule has 2 atom stereocenters. The van der Waals surface area contributed by atoms with Gasteiger partial charge in [-0.15, -0.1) is 0 Å². The number of aromatic nitrogens is 2. The van der Waals surface area contributed by atoms with Crippen molar-refractivity contribution in [2.45, 2.75) is 44.7 Å². The summed E-state index contributed by atoms with van der Waals surface area (Å²) in [6.07, 6.45) is 9.20. The van der Waals surface area contributed by atoms with Crippen LogP contribution in [0.2, 0.25) is 0 Å². The first kappa shape index (κ1) is 20.5. The Morgan fingerprint density at radius 2 is 2.03 bits per heavy atom. The number of halogens is 1. The molecule has 2 aliphatic rings. The van der Waals surface area contributed by atoms with Gasteiger partial charge in [-0.2, -0.15) is 0 Å². The maximum atomic E-state index is 13.8. The van der Waals surface area contributed by atoms with Gasteiger partial charge in [0, 0.05) is 17.8 Å². The van der Waals surface area contributed by atoms with Gasteiger partial charge >= 0.3 is 0 Å². The van der Waals surface area contributed by atoms with E-state index >= 15 is 0 Å². The Morgan fingerprint density at radius 3 is 2.78 bits per heavy atom. The molecule has 5 rings (SSSR count). The summed E-state index contributed by atoms with van der Waals surface area (Å²) < 4.78 is 21.3. The van der Waals surface area contributed by atoms with Gasteiger partial charge in [0.05, 0.1) is 30.9 Å². The first-order chi connectivity index (χ1) is 15.5. The number of imidazole rings is 1. The molecule has 0 radical (unpaired) electrons. The second-order valence-corrected chi connectivity index (χ2v) is 8.58. The van der Waals surface area contributed by atoms with Crippen LogP contribution in [-0.4, -0.2) is 33.5 Å². The summed E-state index contributed by atoms with van der Waals surface area (Å²) >= 11 is 0. The SMILES string of the molecule is COc1cc(C=C2CC[C@H]3CC[C@@H](c4cccc(F)c4)N3C2=O)ccc1-n1cnc(C)c1. The summed E-state index contributed by atoms with van der Waals surface area (Å²) in [7, 11) is 1.64. The summed E-state index contributed by atoms with van der Waals surface area (Å²) in [5.74, 6) is 0.518. The number of rotatable bonds is 4. The zero-order valence-electron chi connectivity index (χ0n) is 18.3. The van der Waals surface area contributed by atoms with E-state index in [-0.39, 0.29) is 23.8 Å². The first-order valence-corrected chi connectivity index (χ1v) is 11.0. The molecule has 1 aromatic heterocycles. The highest BCUT2D eigenvalue weighted by Gasteiger charge is 2.41. The van der Waals surface area contributed by atoms with Gasteiger partial charge in [-0.05, 0) is 74.1 Å². The number of piperidine rings is 1. The lowest BCUT2D eigenvalue weighted by atomic mass is 9.95. The molecule has 2 aromatic carbocycles. The lowest BCUT2D eigenvalue weighted by Crippen LogP contribution is -2.41. The van der Waals surface area contributed by atoms with Crippen LogP contribution in [0.1, 0.15) is 48.5 Å². The number of carbonyl (C=O) groups is 1. The summed E-state index contributed by atoms with van der Waals surface area (Å²) in [6.45, 7) is 1.94. The number of carbonyl (C=O) groups excluding carboxylic acids is 1. The number of ether oxygens (including phenoxy) is 1. The zero-order valence-corrected chi connectivity index (χ0v) is 18.3. The fourth-order valence-electron chi connectivity index (χ4n) is 5.00. The highest BCUT2D eigenvalue weighted by Crippen LogP contribution is 2.42. The molecule has 32 heavy (non-hydrogen) atoms. The average Bonchev–Trinajstić information content (AvgIpc) is 3.42. The molecule has 0 saturated carbocycles. The normalized spacial score (nSPS) is 21.8. The van der Waals surface area contributed by atoms with E-state index in [0.717, 1.165) is 59.5 Å². The van der Waals surface area contributed by atoms with Crippen LogP contribution in [0, 0.1) is 12.7 Å². The van der Waals surface area contributed by atoms with Gasteiger partial charge < -0.3 is 14.2 Å². The van der Waals surface area contributed by atoms with Gasteiger partial charge in [0.15, 0.2) is 0 Å². The predicted molar refractivity (Wildman–Crippen MR) is 121 cm³/mol. The van der Waals surface area contributed by atoms with Gasteiger partial charge in [-0.25, -0.2) is 9.37 Å². The van der Waals surface area contributed by atoms with Crippen LogP contribution in [-0.2, 0) is 4.79 Å². The van der Waals surface area contributed by atoms with E-state index in [2.05, 4.69) is 4.98 Å². The van der Waals surface area contributed by atoms with Crippen LogP contribution in [0.5, 0.6) is 5.75 Å². The number of benzene rings is 2. The van der Waals surface area contributed by atoms with Gasteiger partial charge in [-0.1, -0.05) is 18.2 Å². The van der Waals surface area contributed by atoms with Gasteiger partial charge in [-0.3, -0.25) is 4.79 Å². The molecule has 0 unspecified atom stereocenters. The molecular formula is C26H26FN3O2. The minimum absolute atomic E-state index is 0.0567. The molecule has 0 aliphatic carbocycles. The molecule has 6 heteroatoms. The molecule has 5 nitrogen and oxygen atoms in total. The Balaban J connectivity index is 1.44.